The minimum absolute atomic E-state index is 0.225. The maximum atomic E-state index is 5.76. The number of hydrogen-bond acceptors (Lipinski definition) is 8. The van der Waals surface area contributed by atoms with Crippen LogP contribution in [0.3, 0.4) is 0 Å². The van der Waals surface area contributed by atoms with Crippen molar-refractivity contribution < 1.29 is 0 Å². The zero-order valence-electron chi connectivity index (χ0n) is 12.2. The number of nitrogens with zero attached hydrogens (tertiary/aromatic N) is 4. The summed E-state index contributed by atoms with van der Waals surface area (Å²) in [5.41, 5.74) is 25.1. The summed E-state index contributed by atoms with van der Waals surface area (Å²) in [6, 6.07) is 7.87. The van der Waals surface area contributed by atoms with Crippen molar-refractivity contribution in [2.45, 2.75) is 0 Å². The van der Waals surface area contributed by atoms with Gasteiger partial charge in [-0.1, -0.05) is 0 Å². The van der Waals surface area contributed by atoms with Gasteiger partial charge in [0.1, 0.15) is 5.69 Å². The molecule has 1 aromatic carbocycles. The molecule has 0 saturated carbocycles. The Morgan fingerprint density at radius 3 is 1.77 bits per heavy atom. The van der Waals surface area contributed by atoms with Crippen LogP contribution in [-0.4, -0.2) is 36.1 Å². The molecule has 1 saturated heterocycles. The summed E-state index contributed by atoms with van der Waals surface area (Å²) in [5, 5.41) is 0. The van der Waals surface area contributed by atoms with Crippen LogP contribution < -0.4 is 32.7 Å². The number of anilines is 6. The molecule has 3 rings (SSSR count). The fourth-order valence-electron chi connectivity index (χ4n) is 2.48. The van der Waals surface area contributed by atoms with Crippen LogP contribution in [-0.2, 0) is 0 Å². The molecule has 1 fully saturated rings. The summed E-state index contributed by atoms with van der Waals surface area (Å²) >= 11 is 0. The summed E-state index contributed by atoms with van der Waals surface area (Å²) in [5.74, 6) is 0.980. The first kappa shape index (κ1) is 14.1. The molecule has 2 aromatic rings. The van der Waals surface area contributed by atoms with Crippen LogP contribution in [0.4, 0.5) is 34.6 Å². The maximum absolute atomic E-state index is 5.76. The van der Waals surface area contributed by atoms with Gasteiger partial charge in [0.2, 0.25) is 5.95 Å². The second-order valence-electron chi connectivity index (χ2n) is 5.27. The lowest BCUT2D eigenvalue weighted by molar-refractivity contribution is 0.641. The molecule has 1 aliphatic heterocycles. The zero-order chi connectivity index (χ0) is 15.7. The quantitative estimate of drug-likeness (QED) is 0.574. The molecule has 0 aliphatic carbocycles. The smallest absolute Gasteiger partial charge is 0.229 e. The van der Waals surface area contributed by atoms with Crippen molar-refractivity contribution in [3.63, 3.8) is 0 Å². The van der Waals surface area contributed by atoms with E-state index in [0.29, 0.717) is 5.95 Å². The van der Waals surface area contributed by atoms with Gasteiger partial charge < -0.3 is 32.7 Å². The molecule has 1 aromatic heterocycles. The molecule has 2 heterocycles. The number of benzene rings is 1. The van der Waals surface area contributed by atoms with Crippen molar-refractivity contribution >= 4 is 34.6 Å². The standard InChI is InChI=1S/C14H20N8/c15-9-1-3-10(4-2-9)21-5-7-22(8-6-21)14-19-12(17)11(16)13(18)20-14/h1-4H,5-8,15-16H2,(H4,17,18,19,20). The lowest BCUT2D eigenvalue weighted by atomic mass is 10.2. The van der Waals surface area contributed by atoms with E-state index >= 15 is 0 Å². The molecule has 8 heteroatoms. The fourth-order valence-corrected chi connectivity index (χ4v) is 2.48. The van der Waals surface area contributed by atoms with Gasteiger partial charge in [0.25, 0.3) is 0 Å². The highest BCUT2D eigenvalue weighted by Crippen LogP contribution is 2.24. The lowest BCUT2D eigenvalue weighted by Crippen LogP contribution is -2.47. The van der Waals surface area contributed by atoms with Gasteiger partial charge in [0, 0.05) is 37.6 Å². The topological polar surface area (TPSA) is 136 Å². The largest absolute Gasteiger partial charge is 0.399 e. The molecule has 0 amide bonds. The molecule has 0 atom stereocenters. The normalized spacial score (nSPS) is 15.1. The monoisotopic (exact) mass is 300 g/mol. The van der Waals surface area contributed by atoms with Gasteiger partial charge >= 0.3 is 0 Å². The number of piperazine rings is 1. The first-order valence-corrected chi connectivity index (χ1v) is 7.08. The van der Waals surface area contributed by atoms with Crippen molar-refractivity contribution in [3.05, 3.63) is 24.3 Å². The SMILES string of the molecule is Nc1ccc(N2CCN(c3nc(N)c(N)c(N)n3)CC2)cc1. The number of nitrogen functional groups attached to an aromatic ring is 4. The highest BCUT2D eigenvalue weighted by atomic mass is 15.3. The summed E-state index contributed by atoms with van der Waals surface area (Å²) in [6.07, 6.45) is 0. The summed E-state index contributed by atoms with van der Waals surface area (Å²) in [7, 11) is 0. The number of rotatable bonds is 2. The van der Waals surface area contributed by atoms with Crippen LogP contribution >= 0.6 is 0 Å². The highest BCUT2D eigenvalue weighted by Gasteiger charge is 2.20. The van der Waals surface area contributed by atoms with Gasteiger partial charge in [-0.15, -0.1) is 0 Å². The second kappa shape index (κ2) is 5.47. The van der Waals surface area contributed by atoms with Crippen LogP contribution in [0.25, 0.3) is 0 Å². The third-order valence-electron chi connectivity index (χ3n) is 3.81. The van der Waals surface area contributed by atoms with E-state index < -0.39 is 0 Å². The average Bonchev–Trinajstić information content (AvgIpc) is 2.53. The highest BCUT2D eigenvalue weighted by molar-refractivity contribution is 5.72. The van der Waals surface area contributed by atoms with Gasteiger partial charge in [0.15, 0.2) is 11.6 Å². The van der Waals surface area contributed by atoms with Gasteiger partial charge in [-0.25, -0.2) is 0 Å². The molecule has 0 radical (unpaired) electrons. The summed E-state index contributed by atoms with van der Waals surface area (Å²) in [6.45, 7) is 3.29. The number of hydrogen-bond donors (Lipinski definition) is 4. The number of nitrogens with two attached hydrogens (primary N) is 4. The van der Waals surface area contributed by atoms with Crippen LogP contribution in [0.5, 0.6) is 0 Å². The molecule has 0 spiro atoms. The first-order valence-electron chi connectivity index (χ1n) is 7.08. The van der Waals surface area contributed by atoms with Crippen LogP contribution in [0.1, 0.15) is 0 Å². The molecular formula is C14H20N8. The van der Waals surface area contributed by atoms with Crippen molar-refractivity contribution in [2.24, 2.45) is 0 Å². The van der Waals surface area contributed by atoms with Crippen molar-refractivity contribution in [2.75, 3.05) is 58.9 Å². The van der Waals surface area contributed by atoms with Gasteiger partial charge in [0.05, 0.1) is 0 Å². The van der Waals surface area contributed by atoms with E-state index in [4.69, 9.17) is 22.9 Å². The van der Waals surface area contributed by atoms with E-state index in [0.717, 1.165) is 37.6 Å². The van der Waals surface area contributed by atoms with E-state index in [9.17, 15) is 0 Å². The second-order valence-corrected chi connectivity index (χ2v) is 5.27. The molecule has 0 bridgehead atoms. The van der Waals surface area contributed by atoms with Crippen LogP contribution in [0, 0.1) is 0 Å². The lowest BCUT2D eigenvalue weighted by Gasteiger charge is -2.36. The Morgan fingerprint density at radius 2 is 1.23 bits per heavy atom. The fraction of sp³-hybridized carbons (Fsp3) is 0.286. The minimum Gasteiger partial charge on any atom is -0.399 e. The average molecular weight is 300 g/mol. The van der Waals surface area contributed by atoms with Crippen LogP contribution in [0.2, 0.25) is 0 Å². The Balaban J connectivity index is 1.70. The number of aromatic nitrogens is 2. The molecule has 0 unspecified atom stereocenters. The summed E-state index contributed by atoms with van der Waals surface area (Å²) in [4.78, 5) is 12.8. The van der Waals surface area contributed by atoms with Crippen molar-refractivity contribution in [1.82, 2.24) is 9.97 Å². The Kier molecular flexibility index (Phi) is 3.50. The van der Waals surface area contributed by atoms with E-state index in [-0.39, 0.29) is 17.3 Å². The first-order chi connectivity index (χ1) is 10.5. The Bertz CT molecular complexity index is 638. The molecule has 1 aliphatic rings. The van der Waals surface area contributed by atoms with Gasteiger partial charge in [-0.3, -0.25) is 0 Å². The Hall–Kier alpha value is -2.90. The zero-order valence-corrected chi connectivity index (χ0v) is 12.2. The molecule has 22 heavy (non-hydrogen) atoms. The third kappa shape index (κ3) is 2.62. The molecule has 116 valence electrons. The van der Waals surface area contributed by atoms with Crippen molar-refractivity contribution in [3.8, 4) is 0 Å². The summed E-state index contributed by atoms with van der Waals surface area (Å²) < 4.78 is 0. The predicted molar refractivity (Wildman–Crippen MR) is 90.5 cm³/mol. The van der Waals surface area contributed by atoms with E-state index in [2.05, 4.69) is 19.8 Å². The minimum atomic E-state index is 0.225. The molecule has 8 nitrogen and oxygen atoms in total. The van der Waals surface area contributed by atoms with Gasteiger partial charge in [-0.2, -0.15) is 9.97 Å². The van der Waals surface area contributed by atoms with E-state index in [1.807, 2.05) is 24.3 Å². The van der Waals surface area contributed by atoms with Crippen molar-refractivity contribution in [1.29, 1.82) is 0 Å². The molecular weight excluding hydrogens is 280 g/mol. The predicted octanol–water partition coefficient (Wildman–Crippen LogP) is 0.132. The Labute approximate surface area is 128 Å². The van der Waals surface area contributed by atoms with Gasteiger partial charge in [-0.05, 0) is 24.3 Å². The van der Waals surface area contributed by atoms with Crippen LogP contribution in [0.15, 0.2) is 24.3 Å². The van der Waals surface area contributed by atoms with E-state index in [1.54, 1.807) is 0 Å². The Morgan fingerprint density at radius 1 is 0.727 bits per heavy atom. The molecule has 8 N–H and O–H groups in total. The third-order valence-corrected chi connectivity index (χ3v) is 3.81. The maximum Gasteiger partial charge on any atom is 0.229 e. The van der Waals surface area contributed by atoms with E-state index in [1.165, 1.54) is 0 Å².